The number of amides is 1. The predicted octanol–water partition coefficient (Wildman–Crippen LogP) is 1.10. The third kappa shape index (κ3) is 4.36. The van der Waals surface area contributed by atoms with Crippen LogP contribution in [0, 0.1) is 0 Å². The van der Waals surface area contributed by atoms with E-state index in [2.05, 4.69) is 20.6 Å². The molecule has 0 saturated carbocycles. The Balaban J connectivity index is 1.58. The second-order valence-electron chi connectivity index (χ2n) is 5.89. The fraction of sp³-hybridized carbons (Fsp3) is 0.353. The molecule has 9 heteroatoms. The molecule has 138 valence electrons. The first-order chi connectivity index (χ1) is 12.6. The first kappa shape index (κ1) is 18.3. The lowest BCUT2D eigenvalue weighted by Gasteiger charge is -2.16. The third-order valence-electron chi connectivity index (χ3n) is 4.06. The fourth-order valence-electron chi connectivity index (χ4n) is 2.72. The highest BCUT2D eigenvalue weighted by Crippen LogP contribution is 2.21. The average Bonchev–Trinajstić information content (AvgIpc) is 3.22. The van der Waals surface area contributed by atoms with Crippen molar-refractivity contribution in [2.75, 3.05) is 31.5 Å². The molecule has 1 saturated heterocycles. The quantitative estimate of drug-likeness (QED) is 0.703. The van der Waals surface area contributed by atoms with Crippen LogP contribution in [-0.2, 0) is 10.0 Å². The van der Waals surface area contributed by atoms with E-state index in [4.69, 9.17) is 0 Å². The summed E-state index contributed by atoms with van der Waals surface area (Å²) in [6, 6.07) is 7.87. The van der Waals surface area contributed by atoms with E-state index < -0.39 is 10.0 Å². The zero-order valence-electron chi connectivity index (χ0n) is 14.3. The van der Waals surface area contributed by atoms with E-state index in [1.54, 1.807) is 30.6 Å². The summed E-state index contributed by atoms with van der Waals surface area (Å²) in [6.07, 6.45) is 5.00. The SMILES string of the molecule is O=C(NCCNc1ncccn1)c1cccc(S(=O)(=O)N2CCCC2)c1. The fourth-order valence-corrected chi connectivity index (χ4v) is 4.28. The van der Waals surface area contributed by atoms with Crippen molar-refractivity contribution in [2.45, 2.75) is 17.7 Å². The summed E-state index contributed by atoms with van der Waals surface area (Å²) in [5, 5.41) is 5.74. The molecular formula is C17H21N5O3S. The summed E-state index contributed by atoms with van der Waals surface area (Å²) in [6.45, 7) is 1.89. The maximum atomic E-state index is 12.6. The molecule has 1 aliphatic heterocycles. The molecule has 8 nitrogen and oxygen atoms in total. The van der Waals surface area contributed by atoms with Crippen LogP contribution in [0.2, 0.25) is 0 Å². The number of hydrogen-bond acceptors (Lipinski definition) is 6. The zero-order valence-corrected chi connectivity index (χ0v) is 15.1. The number of carbonyl (C=O) groups is 1. The number of benzene rings is 1. The van der Waals surface area contributed by atoms with Crippen molar-refractivity contribution in [3.8, 4) is 0 Å². The van der Waals surface area contributed by atoms with Gasteiger partial charge in [-0.25, -0.2) is 18.4 Å². The lowest BCUT2D eigenvalue weighted by Crippen LogP contribution is -2.30. The Bertz CT molecular complexity index is 852. The number of anilines is 1. The van der Waals surface area contributed by atoms with Crippen molar-refractivity contribution in [1.29, 1.82) is 0 Å². The van der Waals surface area contributed by atoms with Gasteiger partial charge in [0.2, 0.25) is 16.0 Å². The smallest absolute Gasteiger partial charge is 0.251 e. The van der Waals surface area contributed by atoms with Gasteiger partial charge < -0.3 is 10.6 Å². The lowest BCUT2D eigenvalue weighted by molar-refractivity contribution is 0.0955. The van der Waals surface area contributed by atoms with Crippen LogP contribution in [0.4, 0.5) is 5.95 Å². The summed E-state index contributed by atoms with van der Waals surface area (Å²) >= 11 is 0. The van der Waals surface area contributed by atoms with Crippen LogP contribution in [0.25, 0.3) is 0 Å². The van der Waals surface area contributed by atoms with E-state index in [9.17, 15) is 13.2 Å². The van der Waals surface area contributed by atoms with Crippen LogP contribution >= 0.6 is 0 Å². The predicted molar refractivity (Wildman–Crippen MR) is 97.3 cm³/mol. The Labute approximate surface area is 152 Å². The van der Waals surface area contributed by atoms with Gasteiger partial charge in [0.1, 0.15) is 0 Å². The van der Waals surface area contributed by atoms with E-state index in [0.29, 0.717) is 37.7 Å². The van der Waals surface area contributed by atoms with Crippen molar-refractivity contribution in [2.24, 2.45) is 0 Å². The van der Waals surface area contributed by atoms with Gasteiger partial charge in [-0.2, -0.15) is 4.31 Å². The summed E-state index contributed by atoms with van der Waals surface area (Å²) in [5.41, 5.74) is 0.321. The summed E-state index contributed by atoms with van der Waals surface area (Å²) < 4.78 is 26.7. The Kier molecular flexibility index (Phi) is 5.79. The minimum atomic E-state index is -3.53. The third-order valence-corrected chi connectivity index (χ3v) is 5.95. The van der Waals surface area contributed by atoms with Crippen molar-refractivity contribution < 1.29 is 13.2 Å². The number of carbonyl (C=O) groups excluding carboxylic acids is 1. The minimum Gasteiger partial charge on any atom is -0.352 e. The molecule has 26 heavy (non-hydrogen) atoms. The molecule has 2 N–H and O–H groups in total. The van der Waals surface area contributed by atoms with Crippen molar-refractivity contribution in [3.05, 3.63) is 48.3 Å². The molecule has 2 heterocycles. The van der Waals surface area contributed by atoms with Gasteiger partial charge in [0.15, 0.2) is 0 Å². The van der Waals surface area contributed by atoms with Gasteiger partial charge in [-0.3, -0.25) is 4.79 Å². The Morgan fingerprint density at radius 1 is 1.08 bits per heavy atom. The van der Waals surface area contributed by atoms with Gasteiger partial charge in [-0.15, -0.1) is 0 Å². The zero-order chi connectivity index (χ0) is 18.4. The van der Waals surface area contributed by atoms with E-state index in [1.807, 2.05) is 0 Å². The second-order valence-corrected chi connectivity index (χ2v) is 7.83. The van der Waals surface area contributed by atoms with Crippen LogP contribution in [-0.4, -0.2) is 54.8 Å². The summed E-state index contributed by atoms with van der Waals surface area (Å²) in [5.74, 6) is 0.166. The van der Waals surface area contributed by atoms with Gasteiger partial charge in [0, 0.05) is 44.1 Å². The molecule has 0 atom stereocenters. The van der Waals surface area contributed by atoms with Crippen molar-refractivity contribution >= 4 is 21.9 Å². The highest BCUT2D eigenvalue weighted by atomic mass is 32.2. The molecule has 1 fully saturated rings. The van der Waals surface area contributed by atoms with E-state index >= 15 is 0 Å². The monoisotopic (exact) mass is 375 g/mol. The summed E-state index contributed by atoms with van der Waals surface area (Å²) in [7, 11) is -3.53. The molecule has 3 rings (SSSR count). The highest BCUT2D eigenvalue weighted by molar-refractivity contribution is 7.89. The first-order valence-electron chi connectivity index (χ1n) is 8.47. The van der Waals surface area contributed by atoms with Gasteiger partial charge in [0.25, 0.3) is 5.91 Å². The Morgan fingerprint density at radius 2 is 1.81 bits per heavy atom. The molecule has 0 unspecified atom stereocenters. The normalized spacial score (nSPS) is 14.9. The second kappa shape index (κ2) is 8.24. The standard InChI is InChI=1S/C17H21N5O3S/c23-16(18-9-10-21-17-19-7-4-8-20-17)14-5-3-6-15(13-14)26(24,25)22-11-1-2-12-22/h3-8,13H,1-2,9-12H2,(H,18,23)(H,19,20,21). The van der Waals surface area contributed by atoms with E-state index in [0.717, 1.165) is 12.8 Å². The van der Waals surface area contributed by atoms with Crippen LogP contribution in [0.1, 0.15) is 23.2 Å². The van der Waals surface area contributed by atoms with Gasteiger partial charge in [0.05, 0.1) is 4.90 Å². The summed E-state index contributed by atoms with van der Waals surface area (Å²) in [4.78, 5) is 20.5. The van der Waals surface area contributed by atoms with Crippen LogP contribution < -0.4 is 10.6 Å². The number of nitrogens with one attached hydrogen (secondary N) is 2. The number of sulfonamides is 1. The minimum absolute atomic E-state index is 0.155. The van der Waals surface area contributed by atoms with Crippen LogP contribution in [0.15, 0.2) is 47.6 Å². The molecular weight excluding hydrogens is 354 g/mol. The molecule has 1 aromatic heterocycles. The number of aromatic nitrogens is 2. The van der Waals surface area contributed by atoms with Gasteiger partial charge >= 0.3 is 0 Å². The van der Waals surface area contributed by atoms with Crippen LogP contribution in [0.5, 0.6) is 0 Å². The van der Waals surface area contributed by atoms with E-state index in [1.165, 1.54) is 16.4 Å². The Morgan fingerprint density at radius 3 is 2.54 bits per heavy atom. The number of rotatable bonds is 7. The molecule has 2 aromatic rings. The molecule has 0 radical (unpaired) electrons. The molecule has 1 aliphatic rings. The molecule has 0 aliphatic carbocycles. The van der Waals surface area contributed by atoms with Crippen molar-refractivity contribution in [1.82, 2.24) is 19.6 Å². The average molecular weight is 375 g/mol. The number of hydrogen-bond donors (Lipinski definition) is 2. The Hall–Kier alpha value is -2.52. The van der Waals surface area contributed by atoms with Crippen molar-refractivity contribution in [3.63, 3.8) is 0 Å². The van der Waals surface area contributed by atoms with E-state index in [-0.39, 0.29) is 10.8 Å². The molecule has 1 amide bonds. The molecule has 0 spiro atoms. The topological polar surface area (TPSA) is 104 Å². The van der Waals surface area contributed by atoms with Crippen LogP contribution in [0.3, 0.4) is 0 Å². The lowest BCUT2D eigenvalue weighted by atomic mass is 10.2. The maximum Gasteiger partial charge on any atom is 0.251 e. The largest absolute Gasteiger partial charge is 0.352 e. The van der Waals surface area contributed by atoms with Gasteiger partial charge in [-0.1, -0.05) is 6.07 Å². The molecule has 0 bridgehead atoms. The van der Waals surface area contributed by atoms with Gasteiger partial charge in [-0.05, 0) is 37.1 Å². The maximum absolute atomic E-state index is 12.6. The number of nitrogens with zero attached hydrogens (tertiary/aromatic N) is 3. The highest BCUT2D eigenvalue weighted by Gasteiger charge is 2.27. The first-order valence-corrected chi connectivity index (χ1v) is 9.91. The molecule has 1 aromatic carbocycles.